The Hall–Kier alpha value is -2.40. The molecule has 5 nitrogen and oxygen atoms in total. The average Bonchev–Trinajstić information content (AvgIpc) is 2.52. The molecule has 0 aliphatic carbocycles. The van der Waals surface area contributed by atoms with E-state index in [2.05, 4.69) is 5.32 Å². The Kier molecular flexibility index (Phi) is 5.49. The minimum Gasteiger partial charge on any atom is -0.326 e. The van der Waals surface area contributed by atoms with Crippen molar-refractivity contribution in [2.75, 3.05) is 5.32 Å². The van der Waals surface area contributed by atoms with Crippen LogP contribution in [0.15, 0.2) is 47.4 Å². The van der Waals surface area contributed by atoms with E-state index in [1.807, 2.05) is 30.3 Å². The van der Waals surface area contributed by atoms with Crippen LogP contribution in [-0.4, -0.2) is 10.5 Å². The van der Waals surface area contributed by atoms with Gasteiger partial charge < -0.3 is 15.6 Å². The highest BCUT2D eigenvalue weighted by atomic mass is 16.1. The molecule has 0 radical (unpaired) electrons. The fourth-order valence-corrected chi connectivity index (χ4v) is 2.19. The Labute approximate surface area is 129 Å². The Morgan fingerprint density at radius 1 is 1.23 bits per heavy atom. The van der Waals surface area contributed by atoms with Gasteiger partial charge >= 0.3 is 0 Å². The smallest absolute Gasteiger partial charge is 0.253 e. The molecule has 116 valence electrons. The molecule has 22 heavy (non-hydrogen) atoms. The Morgan fingerprint density at radius 3 is 2.64 bits per heavy atom. The van der Waals surface area contributed by atoms with E-state index >= 15 is 0 Å². The predicted molar refractivity (Wildman–Crippen MR) is 87.6 cm³/mol. The predicted octanol–water partition coefficient (Wildman–Crippen LogP) is 2.03. The summed E-state index contributed by atoms with van der Waals surface area (Å²) in [4.78, 5) is 23.7. The number of rotatable bonds is 6. The lowest BCUT2D eigenvalue weighted by Crippen LogP contribution is -2.22. The number of amides is 1. The number of nitrogens with zero attached hydrogens (tertiary/aromatic N) is 1. The standard InChI is InChI=1S/C17H21N3O2/c1-13-4-2-10-20(17(13)22)11-3-5-16(21)19-15-8-6-14(12-18)7-9-15/h2,4,6-10H,3,5,11-12,18H2,1H3,(H,19,21). The van der Waals surface area contributed by atoms with Gasteiger partial charge in [0.2, 0.25) is 5.91 Å². The molecule has 2 aromatic rings. The first-order valence-corrected chi connectivity index (χ1v) is 7.35. The second-order valence-corrected chi connectivity index (χ2v) is 5.24. The van der Waals surface area contributed by atoms with E-state index in [-0.39, 0.29) is 11.5 Å². The highest BCUT2D eigenvalue weighted by Crippen LogP contribution is 2.10. The second-order valence-electron chi connectivity index (χ2n) is 5.24. The van der Waals surface area contributed by atoms with Crippen molar-refractivity contribution >= 4 is 11.6 Å². The summed E-state index contributed by atoms with van der Waals surface area (Å²) in [6.07, 6.45) is 2.74. The summed E-state index contributed by atoms with van der Waals surface area (Å²) in [5, 5.41) is 2.84. The third kappa shape index (κ3) is 4.30. The van der Waals surface area contributed by atoms with Crippen LogP contribution in [0.2, 0.25) is 0 Å². The Morgan fingerprint density at radius 2 is 1.95 bits per heavy atom. The van der Waals surface area contributed by atoms with Crippen molar-refractivity contribution in [2.45, 2.75) is 32.9 Å². The zero-order chi connectivity index (χ0) is 15.9. The van der Waals surface area contributed by atoms with Crippen molar-refractivity contribution in [3.05, 3.63) is 64.1 Å². The van der Waals surface area contributed by atoms with Gasteiger partial charge in [-0.3, -0.25) is 9.59 Å². The number of carbonyl (C=O) groups is 1. The zero-order valence-corrected chi connectivity index (χ0v) is 12.7. The van der Waals surface area contributed by atoms with Gasteiger partial charge in [0, 0.05) is 37.0 Å². The van der Waals surface area contributed by atoms with Gasteiger partial charge in [-0.25, -0.2) is 0 Å². The van der Waals surface area contributed by atoms with Crippen LogP contribution in [0.25, 0.3) is 0 Å². The van der Waals surface area contributed by atoms with Crippen LogP contribution in [0.5, 0.6) is 0 Å². The van der Waals surface area contributed by atoms with E-state index in [1.165, 1.54) is 0 Å². The molecule has 0 saturated carbocycles. The molecule has 0 unspecified atom stereocenters. The first kappa shape index (κ1) is 16.0. The van der Waals surface area contributed by atoms with Crippen molar-refractivity contribution in [1.82, 2.24) is 4.57 Å². The summed E-state index contributed by atoms with van der Waals surface area (Å²) >= 11 is 0. The normalized spacial score (nSPS) is 10.5. The number of hydrogen-bond acceptors (Lipinski definition) is 3. The number of hydrogen-bond donors (Lipinski definition) is 2. The van der Waals surface area contributed by atoms with Crippen molar-refractivity contribution in [3.63, 3.8) is 0 Å². The van der Waals surface area contributed by atoms with Gasteiger partial charge in [0.05, 0.1) is 0 Å². The van der Waals surface area contributed by atoms with E-state index < -0.39 is 0 Å². The molecule has 0 atom stereocenters. The van der Waals surface area contributed by atoms with Crippen LogP contribution in [-0.2, 0) is 17.9 Å². The number of nitrogens with one attached hydrogen (secondary N) is 1. The van der Waals surface area contributed by atoms with Gasteiger partial charge in [0.15, 0.2) is 0 Å². The van der Waals surface area contributed by atoms with E-state index in [9.17, 15) is 9.59 Å². The fourth-order valence-electron chi connectivity index (χ4n) is 2.19. The van der Waals surface area contributed by atoms with Crippen molar-refractivity contribution in [3.8, 4) is 0 Å². The van der Waals surface area contributed by atoms with Crippen LogP contribution in [0.1, 0.15) is 24.0 Å². The largest absolute Gasteiger partial charge is 0.326 e. The number of pyridine rings is 1. The third-order valence-corrected chi connectivity index (χ3v) is 3.49. The molecule has 5 heteroatoms. The number of aryl methyl sites for hydroxylation is 2. The van der Waals surface area contributed by atoms with Crippen LogP contribution >= 0.6 is 0 Å². The molecule has 0 saturated heterocycles. The van der Waals surface area contributed by atoms with E-state index in [0.29, 0.717) is 31.5 Å². The van der Waals surface area contributed by atoms with Crippen molar-refractivity contribution in [1.29, 1.82) is 0 Å². The summed E-state index contributed by atoms with van der Waals surface area (Å²) in [6, 6.07) is 11.1. The van der Waals surface area contributed by atoms with Crippen LogP contribution in [0.4, 0.5) is 5.69 Å². The number of aromatic nitrogens is 1. The minimum atomic E-state index is -0.0544. The van der Waals surface area contributed by atoms with Gasteiger partial charge in [-0.1, -0.05) is 18.2 Å². The summed E-state index contributed by atoms with van der Waals surface area (Å²) in [5.74, 6) is -0.0544. The molecule has 0 spiro atoms. The Balaban J connectivity index is 1.82. The van der Waals surface area contributed by atoms with E-state index in [0.717, 1.165) is 11.3 Å². The molecule has 1 amide bonds. The highest BCUT2D eigenvalue weighted by molar-refractivity contribution is 5.90. The third-order valence-electron chi connectivity index (χ3n) is 3.49. The lowest BCUT2D eigenvalue weighted by molar-refractivity contribution is -0.116. The molecule has 1 heterocycles. The monoisotopic (exact) mass is 299 g/mol. The maximum atomic E-state index is 11.9. The Bertz CT molecular complexity index is 690. The van der Waals surface area contributed by atoms with Crippen LogP contribution in [0.3, 0.4) is 0 Å². The summed E-state index contributed by atoms with van der Waals surface area (Å²) in [5.41, 5.74) is 8.03. The van der Waals surface area contributed by atoms with Crippen molar-refractivity contribution < 1.29 is 4.79 Å². The van der Waals surface area contributed by atoms with Crippen molar-refractivity contribution in [2.24, 2.45) is 5.73 Å². The maximum Gasteiger partial charge on any atom is 0.253 e. The summed E-state index contributed by atoms with van der Waals surface area (Å²) in [7, 11) is 0. The average molecular weight is 299 g/mol. The number of nitrogens with two attached hydrogens (primary N) is 1. The zero-order valence-electron chi connectivity index (χ0n) is 12.7. The quantitative estimate of drug-likeness (QED) is 0.857. The SMILES string of the molecule is Cc1cccn(CCCC(=O)Nc2ccc(CN)cc2)c1=O. The van der Waals surface area contributed by atoms with E-state index in [4.69, 9.17) is 5.73 Å². The number of benzene rings is 1. The number of anilines is 1. The maximum absolute atomic E-state index is 11.9. The lowest BCUT2D eigenvalue weighted by Gasteiger charge is -2.08. The molecule has 0 aliphatic heterocycles. The van der Waals surface area contributed by atoms with Gasteiger partial charge in [-0.05, 0) is 37.1 Å². The minimum absolute atomic E-state index is 0.000261. The molecule has 0 aliphatic rings. The summed E-state index contributed by atoms with van der Waals surface area (Å²) < 4.78 is 1.64. The lowest BCUT2D eigenvalue weighted by atomic mass is 10.2. The van der Waals surface area contributed by atoms with Gasteiger partial charge in [-0.15, -0.1) is 0 Å². The first-order chi connectivity index (χ1) is 10.6. The highest BCUT2D eigenvalue weighted by Gasteiger charge is 2.04. The molecule has 2 rings (SSSR count). The second kappa shape index (κ2) is 7.56. The van der Waals surface area contributed by atoms with Crippen LogP contribution in [0, 0.1) is 6.92 Å². The van der Waals surface area contributed by atoms with Gasteiger partial charge in [0.1, 0.15) is 0 Å². The molecular weight excluding hydrogens is 278 g/mol. The van der Waals surface area contributed by atoms with Crippen LogP contribution < -0.4 is 16.6 Å². The first-order valence-electron chi connectivity index (χ1n) is 7.35. The molecular formula is C17H21N3O2. The number of carbonyl (C=O) groups excluding carboxylic acids is 1. The van der Waals surface area contributed by atoms with E-state index in [1.54, 1.807) is 23.8 Å². The molecule has 1 aromatic carbocycles. The van der Waals surface area contributed by atoms with Gasteiger partial charge in [-0.2, -0.15) is 0 Å². The molecule has 3 N–H and O–H groups in total. The molecule has 1 aromatic heterocycles. The molecule has 0 fully saturated rings. The summed E-state index contributed by atoms with van der Waals surface area (Å²) in [6.45, 7) is 2.82. The fraction of sp³-hybridized carbons (Fsp3) is 0.294. The molecule has 0 bridgehead atoms. The van der Waals surface area contributed by atoms with Gasteiger partial charge in [0.25, 0.3) is 5.56 Å². The topological polar surface area (TPSA) is 77.1 Å².